The smallest absolute Gasteiger partial charge is 0.165 e. The number of benzene rings is 1. The summed E-state index contributed by atoms with van der Waals surface area (Å²) in [5.41, 5.74) is 2.17. The second kappa shape index (κ2) is 5.67. The fourth-order valence-corrected chi connectivity index (χ4v) is 10.6. The first kappa shape index (κ1) is 22.0. The highest BCUT2D eigenvalue weighted by Crippen LogP contribution is 2.87. The van der Waals surface area contributed by atoms with E-state index in [1.807, 2.05) is 6.07 Å². The number of phenols is 1. The van der Waals surface area contributed by atoms with E-state index >= 15 is 0 Å². The molecule has 9 rings (SSSR count). The van der Waals surface area contributed by atoms with Gasteiger partial charge in [0.2, 0.25) is 0 Å². The van der Waals surface area contributed by atoms with E-state index in [0.29, 0.717) is 11.8 Å². The molecule has 186 valence electrons. The number of ether oxygens (including phenoxy) is 1. The van der Waals surface area contributed by atoms with Crippen LogP contribution in [0.5, 0.6) is 11.5 Å². The van der Waals surface area contributed by atoms with Crippen molar-refractivity contribution in [2.75, 3.05) is 6.54 Å². The molecule has 2 N–H and O–H groups in total. The summed E-state index contributed by atoms with van der Waals surface area (Å²) in [4.78, 5) is 2.91. The molecule has 0 amide bonds. The Balaban J connectivity index is 0.00000200. The zero-order valence-corrected chi connectivity index (χ0v) is 20.9. The minimum absolute atomic E-state index is 0. The third-order valence-electron chi connectivity index (χ3n) is 12.6. The number of likely N-dealkylation sites (tertiary alicyclic amines) is 1. The van der Waals surface area contributed by atoms with E-state index in [2.05, 4.69) is 45.6 Å². The summed E-state index contributed by atoms with van der Waals surface area (Å²) >= 11 is 0. The van der Waals surface area contributed by atoms with Gasteiger partial charge < -0.3 is 14.9 Å². The van der Waals surface area contributed by atoms with Crippen molar-refractivity contribution in [3.8, 4) is 11.5 Å². The molecular formula is C30H43NO3. The van der Waals surface area contributed by atoms with E-state index in [4.69, 9.17) is 4.74 Å². The first-order valence-electron chi connectivity index (χ1n) is 13.4. The number of nitrogens with zero attached hydrogens (tertiary/aromatic N) is 1. The van der Waals surface area contributed by atoms with Crippen LogP contribution in [0.2, 0.25) is 0 Å². The molecule has 6 fully saturated rings. The highest BCUT2D eigenvalue weighted by Gasteiger charge is 2.91. The van der Waals surface area contributed by atoms with Crippen molar-refractivity contribution >= 4 is 0 Å². The lowest BCUT2D eigenvalue weighted by molar-refractivity contribution is -0.246. The summed E-state index contributed by atoms with van der Waals surface area (Å²) in [6.45, 7) is 12.4. The van der Waals surface area contributed by atoms with Gasteiger partial charge in [0.25, 0.3) is 0 Å². The summed E-state index contributed by atoms with van der Waals surface area (Å²) in [5.74, 6) is 2.20. The van der Waals surface area contributed by atoms with Crippen LogP contribution in [-0.4, -0.2) is 44.9 Å². The number of hydrogen-bond donors (Lipinski definition) is 2. The average Bonchev–Trinajstić information content (AvgIpc) is 3.59. The average molecular weight is 466 g/mol. The normalized spacial score (nSPS) is 50.1. The first-order chi connectivity index (χ1) is 15.4. The van der Waals surface area contributed by atoms with Crippen LogP contribution in [0.15, 0.2) is 12.1 Å². The molecule has 3 spiro atoms. The molecule has 5 saturated carbocycles. The van der Waals surface area contributed by atoms with E-state index in [0.717, 1.165) is 30.9 Å². The van der Waals surface area contributed by atoms with Crippen LogP contribution >= 0.6 is 0 Å². The minimum atomic E-state index is -0.778. The van der Waals surface area contributed by atoms with Crippen molar-refractivity contribution in [2.24, 2.45) is 28.1 Å². The molecule has 1 aromatic rings. The Bertz CT molecular complexity index is 1120. The molecule has 4 heteroatoms. The molecule has 2 aliphatic heterocycles. The number of piperidine rings is 1. The quantitative estimate of drug-likeness (QED) is 0.585. The Morgan fingerprint density at radius 1 is 1.15 bits per heavy atom. The summed E-state index contributed by atoms with van der Waals surface area (Å²) in [5, 5.41) is 23.1. The van der Waals surface area contributed by atoms with Crippen LogP contribution in [0, 0.1) is 28.1 Å². The largest absolute Gasteiger partial charge is 0.504 e. The van der Waals surface area contributed by atoms with Gasteiger partial charge in [-0.15, -0.1) is 0 Å². The fourth-order valence-electron chi connectivity index (χ4n) is 10.6. The number of fused-ring (bicyclic) bond motifs is 2. The molecule has 4 nitrogen and oxygen atoms in total. The van der Waals surface area contributed by atoms with Crippen molar-refractivity contribution in [1.82, 2.24) is 4.90 Å². The molecule has 1 saturated heterocycles. The van der Waals surface area contributed by atoms with Gasteiger partial charge in [0.15, 0.2) is 11.5 Å². The molecule has 1 aromatic carbocycles. The van der Waals surface area contributed by atoms with Crippen molar-refractivity contribution in [3.05, 3.63) is 23.3 Å². The monoisotopic (exact) mass is 465 g/mol. The maximum absolute atomic E-state index is 12.1. The van der Waals surface area contributed by atoms with E-state index < -0.39 is 5.60 Å². The van der Waals surface area contributed by atoms with Crippen molar-refractivity contribution in [3.63, 3.8) is 0 Å². The molecule has 7 unspecified atom stereocenters. The lowest BCUT2D eigenvalue weighted by Crippen LogP contribution is -2.73. The zero-order valence-electron chi connectivity index (χ0n) is 20.9. The highest BCUT2D eigenvalue weighted by atomic mass is 16.5. The van der Waals surface area contributed by atoms with E-state index in [9.17, 15) is 10.2 Å². The molecule has 6 aliphatic carbocycles. The number of aliphatic hydroxyl groups is 1. The number of rotatable bonds is 3. The SMILES string of the molecule is C.CC12CCC3(CC1C(C)(O)C(C)(C)C)[C@@H]1N(CC4CC4)C14Cc1ccc(O)c5c1[C@@]3(C4)C2O5. The fraction of sp³-hybridized carbons (Fsp3) is 0.800. The van der Waals surface area contributed by atoms with Crippen LogP contribution in [0.25, 0.3) is 0 Å². The van der Waals surface area contributed by atoms with E-state index in [1.165, 1.54) is 43.4 Å². The highest BCUT2D eigenvalue weighted by molar-refractivity contribution is 5.67. The Morgan fingerprint density at radius 2 is 1.88 bits per heavy atom. The van der Waals surface area contributed by atoms with Crippen LogP contribution in [0.4, 0.5) is 0 Å². The van der Waals surface area contributed by atoms with Gasteiger partial charge in [0, 0.05) is 39.9 Å². The Labute approximate surface area is 205 Å². The zero-order chi connectivity index (χ0) is 23.0. The standard InChI is InChI=1S/C29H39NO3.CH4/c1-24(2,3)26(5,32)19-13-27-11-10-25(19,4)23-29(27)15-28(22(27)30(28)14-16-6-7-16)12-17-8-9-18(31)21(33-23)20(17)29;/h8-9,16,19,22-23,31-32H,6-7,10-15H2,1-5H3;1H4/t19?,22-,23?,25?,26?,27?,28?,29-,30?;/m0./s1. The molecule has 4 bridgehead atoms. The van der Waals surface area contributed by atoms with Crippen LogP contribution in [0.3, 0.4) is 0 Å². The predicted molar refractivity (Wildman–Crippen MR) is 133 cm³/mol. The molecule has 9 atom stereocenters. The molecule has 0 radical (unpaired) electrons. The Morgan fingerprint density at radius 3 is 2.56 bits per heavy atom. The predicted octanol–water partition coefficient (Wildman–Crippen LogP) is 5.42. The van der Waals surface area contributed by atoms with E-state index in [1.54, 1.807) is 0 Å². The van der Waals surface area contributed by atoms with Gasteiger partial charge in [-0.2, -0.15) is 0 Å². The van der Waals surface area contributed by atoms with Gasteiger partial charge in [0.05, 0.1) is 5.60 Å². The van der Waals surface area contributed by atoms with Gasteiger partial charge in [-0.05, 0) is 80.8 Å². The third kappa shape index (κ3) is 1.96. The lowest BCUT2D eigenvalue weighted by atomic mass is 9.35. The molecule has 0 aromatic heterocycles. The minimum Gasteiger partial charge on any atom is -0.504 e. The molecule has 34 heavy (non-hydrogen) atoms. The summed E-state index contributed by atoms with van der Waals surface area (Å²) in [6, 6.07) is 4.70. The first-order valence-corrected chi connectivity index (χ1v) is 13.4. The van der Waals surface area contributed by atoms with Gasteiger partial charge in [-0.3, -0.25) is 4.90 Å². The van der Waals surface area contributed by atoms with Crippen LogP contribution in [0.1, 0.15) is 91.7 Å². The van der Waals surface area contributed by atoms with Gasteiger partial charge in [0.1, 0.15) is 6.10 Å². The third-order valence-corrected chi connectivity index (χ3v) is 12.6. The van der Waals surface area contributed by atoms with Crippen LogP contribution in [-0.2, 0) is 11.8 Å². The Hall–Kier alpha value is -1.26. The topological polar surface area (TPSA) is 52.7 Å². The van der Waals surface area contributed by atoms with Crippen molar-refractivity contribution in [2.45, 2.75) is 116 Å². The van der Waals surface area contributed by atoms with Gasteiger partial charge >= 0.3 is 0 Å². The number of hydrogen-bond acceptors (Lipinski definition) is 4. The summed E-state index contributed by atoms with van der Waals surface area (Å²) in [7, 11) is 0. The lowest BCUT2D eigenvalue weighted by Gasteiger charge is -2.70. The van der Waals surface area contributed by atoms with Crippen molar-refractivity contribution in [1.29, 1.82) is 0 Å². The van der Waals surface area contributed by atoms with Gasteiger partial charge in [-0.25, -0.2) is 0 Å². The number of aromatic hydroxyl groups is 1. The Kier molecular flexibility index (Phi) is 3.66. The summed E-state index contributed by atoms with van der Waals surface area (Å²) in [6.07, 6.45) is 8.62. The maximum Gasteiger partial charge on any atom is 0.165 e. The molecule has 8 aliphatic rings. The van der Waals surface area contributed by atoms with Gasteiger partial charge in [-0.1, -0.05) is 41.2 Å². The molecular weight excluding hydrogens is 422 g/mol. The molecule has 2 heterocycles. The summed E-state index contributed by atoms with van der Waals surface area (Å²) < 4.78 is 6.94. The maximum atomic E-state index is 12.1. The van der Waals surface area contributed by atoms with Crippen molar-refractivity contribution < 1.29 is 14.9 Å². The van der Waals surface area contributed by atoms with E-state index in [-0.39, 0.29) is 46.6 Å². The second-order valence-electron chi connectivity index (χ2n) is 14.7. The van der Waals surface area contributed by atoms with Crippen LogP contribution < -0.4 is 4.74 Å². The second-order valence-corrected chi connectivity index (χ2v) is 14.7. The number of phenolic OH excluding ortho intramolecular Hbond substituents is 1.